The summed E-state index contributed by atoms with van der Waals surface area (Å²) in [6.45, 7) is 0.353. The Balaban J connectivity index is 1.61. The van der Waals surface area contributed by atoms with E-state index in [1.165, 1.54) is 12.1 Å². The van der Waals surface area contributed by atoms with Crippen LogP contribution in [0.3, 0.4) is 0 Å². The monoisotopic (exact) mass is 351 g/mol. The van der Waals surface area contributed by atoms with Gasteiger partial charge in [0.1, 0.15) is 23.1 Å². The molecule has 0 atom stereocenters. The Labute approximate surface area is 150 Å². The third kappa shape index (κ3) is 4.19. The van der Waals surface area contributed by atoms with E-state index in [0.29, 0.717) is 23.6 Å². The number of halogens is 1. The van der Waals surface area contributed by atoms with E-state index < -0.39 is 0 Å². The zero-order chi connectivity index (χ0) is 18.4. The molecule has 0 fully saturated rings. The van der Waals surface area contributed by atoms with E-state index in [1.807, 2.05) is 24.3 Å². The van der Waals surface area contributed by atoms with Crippen molar-refractivity contribution in [3.8, 4) is 17.1 Å². The van der Waals surface area contributed by atoms with Gasteiger partial charge in [-0.25, -0.2) is 4.39 Å². The molecule has 1 N–H and O–H groups in total. The Kier molecular flexibility index (Phi) is 5.49. The summed E-state index contributed by atoms with van der Waals surface area (Å²) < 4.78 is 24.6. The fourth-order valence-electron chi connectivity index (χ4n) is 2.50. The average Bonchev–Trinajstić information content (AvgIpc) is 3.14. The number of furan rings is 1. The minimum Gasteiger partial charge on any atom is -0.496 e. The smallest absolute Gasteiger partial charge is 0.244 e. The number of benzene rings is 2. The molecule has 3 aromatic rings. The second-order valence-electron chi connectivity index (χ2n) is 5.54. The quantitative estimate of drug-likeness (QED) is 0.669. The number of carbonyl (C=O) groups is 1. The number of hydrogen-bond acceptors (Lipinski definition) is 3. The molecule has 1 aromatic heterocycles. The molecular weight excluding hydrogens is 333 g/mol. The normalized spacial score (nSPS) is 10.8. The molecule has 3 rings (SSSR count). The SMILES string of the molecule is COc1ccccc1CNC(=O)/C=C/c1ccc(-c2ccccc2F)o1. The summed E-state index contributed by atoms with van der Waals surface area (Å²) >= 11 is 0. The van der Waals surface area contributed by atoms with Crippen LogP contribution in [0.1, 0.15) is 11.3 Å². The highest BCUT2D eigenvalue weighted by molar-refractivity contribution is 5.91. The van der Waals surface area contributed by atoms with Crippen molar-refractivity contribution in [3.63, 3.8) is 0 Å². The van der Waals surface area contributed by atoms with Crippen LogP contribution in [0.15, 0.2) is 71.2 Å². The van der Waals surface area contributed by atoms with Crippen LogP contribution in [-0.4, -0.2) is 13.0 Å². The fraction of sp³-hybridized carbons (Fsp3) is 0.0952. The Morgan fingerprint density at radius 3 is 2.69 bits per heavy atom. The van der Waals surface area contributed by atoms with Gasteiger partial charge in [0.15, 0.2) is 0 Å². The largest absolute Gasteiger partial charge is 0.496 e. The second-order valence-corrected chi connectivity index (χ2v) is 5.54. The van der Waals surface area contributed by atoms with E-state index >= 15 is 0 Å². The van der Waals surface area contributed by atoms with Gasteiger partial charge in [-0.15, -0.1) is 0 Å². The number of amides is 1. The summed E-state index contributed by atoms with van der Waals surface area (Å²) in [5.74, 6) is 0.983. The third-order valence-corrected chi connectivity index (χ3v) is 3.81. The standard InChI is InChI=1S/C21H18FNO3/c1-25-19-9-5-2-6-15(19)14-23-21(24)13-11-16-10-12-20(26-16)17-7-3-4-8-18(17)22/h2-13H,14H2,1H3,(H,23,24)/b13-11+. The fourth-order valence-corrected chi connectivity index (χ4v) is 2.50. The molecule has 2 aromatic carbocycles. The van der Waals surface area contributed by atoms with Crippen LogP contribution in [0.5, 0.6) is 5.75 Å². The van der Waals surface area contributed by atoms with Crippen LogP contribution in [0.25, 0.3) is 17.4 Å². The number of hydrogen-bond donors (Lipinski definition) is 1. The molecule has 0 unspecified atom stereocenters. The maximum atomic E-state index is 13.8. The predicted molar refractivity (Wildman–Crippen MR) is 98.0 cm³/mol. The van der Waals surface area contributed by atoms with Gasteiger partial charge in [-0.2, -0.15) is 0 Å². The van der Waals surface area contributed by atoms with E-state index in [9.17, 15) is 9.18 Å². The van der Waals surface area contributed by atoms with E-state index in [-0.39, 0.29) is 11.7 Å². The molecule has 132 valence electrons. The lowest BCUT2D eigenvalue weighted by Crippen LogP contribution is -2.20. The van der Waals surface area contributed by atoms with E-state index in [1.54, 1.807) is 43.5 Å². The molecule has 0 saturated heterocycles. The molecule has 0 radical (unpaired) electrons. The molecule has 1 heterocycles. The predicted octanol–water partition coefficient (Wildman–Crippen LogP) is 4.42. The maximum absolute atomic E-state index is 13.8. The lowest BCUT2D eigenvalue weighted by atomic mass is 10.1. The van der Waals surface area contributed by atoms with Crippen molar-refractivity contribution in [2.45, 2.75) is 6.54 Å². The summed E-state index contributed by atoms with van der Waals surface area (Å²) in [5, 5.41) is 2.78. The highest BCUT2D eigenvalue weighted by atomic mass is 19.1. The van der Waals surface area contributed by atoms with Crippen LogP contribution >= 0.6 is 0 Å². The van der Waals surface area contributed by atoms with Crippen LogP contribution in [0.2, 0.25) is 0 Å². The van der Waals surface area contributed by atoms with Gasteiger partial charge in [0.25, 0.3) is 0 Å². The Hall–Kier alpha value is -3.34. The van der Waals surface area contributed by atoms with Gasteiger partial charge in [0.2, 0.25) is 5.91 Å². The van der Waals surface area contributed by atoms with E-state index in [4.69, 9.17) is 9.15 Å². The molecule has 1 amide bonds. The van der Waals surface area contributed by atoms with Gasteiger partial charge in [0, 0.05) is 18.2 Å². The molecule has 0 bridgehead atoms. The molecule has 0 aliphatic rings. The molecule has 0 aliphatic heterocycles. The number of nitrogens with one attached hydrogen (secondary N) is 1. The van der Waals surface area contributed by atoms with Crippen molar-refractivity contribution < 1.29 is 18.3 Å². The van der Waals surface area contributed by atoms with Crippen LogP contribution in [-0.2, 0) is 11.3 Å². The van der Waals surface area contributed by atoms with Crippen molar-refractivity contribution in [1.29, 1.82) is 0 Å². The number of rotatable bonds is 6. The van der Waals surface area contributed by atoms with E-state index in [2.05, 4.69) is 5.32 Å². The molecule has 0 saturated carbocycles. The average molecular weight is 351 g/mol. The van der Waals surface area contributed by atoms with Gasteiger partial charge >= 0.3 is 0 Å². The van der Waals surface area contributed by atoms with Crippen molar-refractivity contribution in [1.82, 2.24) is 5.32 Å². The summed E-state index contributed by atoms with van der Waals surface area (Å²) in [4.78, 5) is 12.0. The van der Waals surface area contributed by atoms with Crippen molar-refractivity contribution in [2.24, 2.45) is 0 Å². The van der Waals surface area contributed by atoms with Gasteiger partial charge in [0.05, 0.1) is 12.7 Å². The lowest BCUT2D eigenvalue weighted by molar-refractivity contribution is -0.116. The molecule has 26 heavy (non-hydrogen) atoms. The highest BCUT2D eigenvalue weighted by Crippen LogP contribution is 2.25. The van der Waals surface area contributed by atoms with Crippen molar-refractivity contribution >= 4 is 12.0 Å². The minimum atomic E-state index is -0.355. The third-order valence-electron chi connectivity index (χ3n) is 3.81. The minimum absolute atomic E-state index is 0.264. The zero-order valence-corrected chi connectivity index (χ0v) is 14.2. The molecule has 5 heteroatoms. The molecule has 4 nitrogen and oxygen atoms in total. The second kappa shape index (κ2) is 8.16. The molecular formula is C21H18FNO3. The number of ether oxygens (including phenoxy) is 1. The van der Waals surface area contributed by atoms with E-state index in [0.717, 1.165) is 11.3 Å². The molecule has 0 aliphatic carbocycles. The number of methoxy groups -OCH3 is 1. The summed E-state index contributed by atoms with van der Waals surface area (Å²) in [5.41, 5.74) is 1.27. The Bertz CT molecular complexity index is 930. The maximum Gasteiger partial charge on any atom is 0.244 e. The first-order valence-corrected chi connectivity index (χ1v) is 8.10. The summed E-state index contributed by atoms with van der Waals surface area (Å²) in [7, 11) is 1.59. The zero-order valence-electron chi connectivity index (χ0n) is 14.2. The highest BCUT2D eigenvalue weighted by Gasteiger charge is 2.08. The van der Waals surface area contributed by atoms with Crippen LogP contribution in [0.4, 0.5) is 4.39 Å². The Morgan fingerprint density at radius 2 is 1.88 bits per heavy atom. The van der Waals surface area contributed by atoms with Crippen molar-refractivity contribution in [2.75, 3.05) is 7.11 Å². The first-order chi connectivity index (χ1) is 12.7. The first-order valence-electron chi connectivity index (χ1n) is 8.10. The van der Waals surface area contributed by atoms with Crippen LogP contribution in [0, 0.1) is 5.82 Å². The lowest BCUT2D eigenvalue weighted by Gasteiger charge is -2.08. The van der Waals surface area contributed by atoms with Gasteiger partial charge in [-0.3, -0.25) is 4.79 Å². The number of para-hydroxylation sites is 1. The number of carbonyl (C=O) groups excluding carboxylic acids is 1. The summed E-state index contributed by atoms with van der Waals surface area (Å²) in [6.07, 6.45) is 2.92. The Morgan fingerprint density at radius 1 is 1.12 bits per heavy atom. The summed E-state index contributed by atoms with van der Waals surface area (Å²) in [6, 6.07) is 17.2. The molecule has 0 spiro atoms. The van der Waals surface area contributed by atoms with Crippen molar-refractivity contribution in [3.05, 3.63) is 83.9 Å². The van der Waals surface area contributed by atoms with Gasteiger partial charge in [-0.1, -0.05) is 30.3 Å². The topological polar surface area (TPSA) is 51.5 Å². The van der Waals surface area contributed by atoms with Gasteiger partial charge in [-0.05, 0) is 36.4 Å². The first kappa shape index (κ1) is 17.5. The van der Waals surface area contributed by atoms with Crippen LogP contribution < -0.4 is 10.1 Å². The van der Waals surface area contributed by atoms with Gasteiger partial charge < -0.3 is 14.5 Å².